The van der Waals surface area contributed by atoms with Crippen LogP contribution in [0.5, 0.6) is 0 Å². The molecule has 4 rings (SSSR count). The summed E-state index contributed by atoms with van der Waals surface area (Å²) in [6.07, 6.45) is -5.73. The van der Waals surface area contributed by atoms with Crippen molar-refractivity contribution < 1.29 is 67.8 Å². The molecule has 1 saturated heterocycles. The molecule has 1 aliphatic heterocycles. The van der Waals surface area contributed by atoms with Gasteiger partial charge in [-0.15, -0.1) is 0 Å². The maximum absolute atomic E-state index is 14.5. The Balaban J connectivity index is 1.91. The summed E-state index contributed by atoms with van der Waals surface area (Å²) in [5, 5.41) is 37.1. The van der Waals surface area contributed by atoms with E-state index in [1.165, 1.54) is 32.9 Å². The van der Waals surface area contributed by atoms with Gasteiger partial charge in [-0.2, -0.15) is 0 Å². The Bertz CT molecular complexity index is 1710. The summed E-state index contributed by atoms with van der Waals surface area (Å²) in [6, 6.07) is 6.64. The van der Waals surface area contributed by atoms with Gasteiger partial charge in [-0.05, 0) is 45.2 Å². The van der Waals surface area contributed by atoms with Gasteiger partial charge in [-0.3, -0.25) is 14.4 Å². The second-order valence-corrected chi connectivity index (χ2v) is 17.2. The van der Waals surface area contributed by atoms with Gasteiger partial charge >= 0.3 is 24.0 Å². The normalized spacial score (nSPS) is 29.9. The highest BCUT2D eigenvalue weighted by Gasteiger charge is 2.68. The van der Waals surface area contributed by atoms with E-state index in [1.807, 2.05) is 13.8 Å². The predicted molar refractivity (Wildman–Crippen MR) is 199 cm³/mol. The Morgan fingerprint density at radius 2 is 1.66 bits per heavy atom. The molecule has 4 N–H and O–H groups in total. The van der Waals surface area contributed by atoms with Crippen molar-refractivity contribution in [2.45, 2.75) is 130 Å². The van der Waals surface area contributed by atoms with Crippen LogP contribution in [0.2, 0.25) is 0 Å². The molecule has 1 aromatic carbocycles. The lowest BCUT2D eigenvalue weighted by Crippen LogP contribution is -2.69. The molecule has 3 unspecified atom stereocenters. The molecule has 15 nitrogen and oxygen atoms in total. The minimum Gasteiger partial charge on any atom is -0.460 e. The molecule has 15 heteroatoms. The molecular weight excluding hydrogens is 730 g/mol. The van der Waals surface area contributed by atoms with Gasteiger partial charge in [0.15, 0.2) is 11.7 Å². The van der Waals surface area contributed by atoms with Gasteiger partial charge in [-0.25, -0.2) is 14.4 Å². The number of fused-ring (bicyclic) bond motifs is 2. The first-order chi connectivity index (χ1) is 25.9. The molecule has 2 aliphatic carbocycles. The number of hydrogen-bond acceptors (Lipinski definition) is 14. The highest BCUT2D eigenvalue weighted by atomic mass is 16.6. The number of amides is 1. The fraction of sp³-hybridized carbons (Fsp3) is 0.659. The van der Waals surface area contributed by atoms with Gasteiger partial charge in [0, 0.05) is 49.2 Å². The number of benzene rings is 1. The number of hydrogen-bond donors (Lipinski definition) is 4. The summed E-state index contributed by atoms with van der Waals surface area (Å²) in [6.45, 7) is 15.0. The van der Waals surface area contributed by atoms with Crippen molar-refractivity contribution in [3.63, 3.8) is 0 Å². The van der Waals surface area contributed by atoms with Crippen LogP contribution in [0.1, 0.15) is 98.9 Å². The number of aliphatic hydroxyl groups is 3. The molecule has 0 aromatic heterocycles. The minimum atomic E-state index is -2.40. The van der Waals surface area contributed by atoms with Crippen LogP contribution in [0.4, 0.5) is 4.79 Å². The molecule has 2 bridgehead atoms. The highest BCUT2D eigenvalue weighted by Crippen LogP contribution is 2.59. The van der Waals surface area contributed by atoms with Crippen molar-refractivity contribution in [2.75, 3.05) is 13.2 Å². The number of alkyl carbamates (subject to hydrolysis) is 1. The lowest BCUT2D eigenvalue weighted by atomic mass is 9.50. The molecule has 0 radical (unpaired) electrons. The Morgan fingerprint density at radius 3 is 2.18 bits per heavy atom. The summed E-state index contributed by atoms with van der Waals surface area (Å²) < 4.78 is 29.1. The number of rotatable bonds is 12. The van der Waals surface area contributed by atoms with E-state index in [-0.39, 0.29) is 36.5 Å². The molecule has 0 spiro atoms. The summed E-state index contributed by atoms with van der Waals surface area (Å²) >= 11 is 0. The number of esters is 3. The molecule has 310 valence electrons. The molecule has 56 heavy (non-hydrogen) atoms. The van der Waals surface area contributed by atoms with Crippen molar-refractivity contribution in [2.24, 2.45) is 29.1 Å². The van der Waals surface area contributed by atoms with Crippen LogP contribution in [0.3, 0.4) is 0 Å². The van der Waals surface area contributed by atoms with Gasteiger partial charge in [-0.1, -0.05) is 59.7 Å². The van der Waals surface area contributed by atoms with Crippen molar-refractivity contribution in [3.05, 3.63) is 47.2 Å². The van der Waals surface area contributed by atoms with Gasteiger partial charge in [0.2, 0.25) is 11.6 Å². The third kappa shape index (κ3) is 8.70. The Labute approximate surface area is 327 Å². The minimum absolute atomic E-state index is 0.0664. The van der Waals surface area contributed by atoms with Crippen LogP contribution < -0.4 is 5.32 Å². The molecule has 1 aromatic rings. The first-order valence-corrected chi connectivity index (χ1v) is 19.0. The molecular formula is C41H57NO14. The Kier molecular flexibility index (Phi) is 13.3. The lowest BCUT2D eigenvalue weighted by Gasteiger charge is -2.58. The average molecular weight is 788 g/mol. The third-order valence-electron chi connectivity index (χ3n) is 11.1. The molecule has 1 amide bonds. The molecule has 9 atom stereocenters. The van der Waals surface area contributed by atoms with Crippen LogP contribution in [-0.4, -0.2) is 105 Å². The SMILES string of the molecule is CC(=O)O[C@@]1(C2=C(OC(=O)c3ccccc3)[C@]3(O)C[C@H](OC(=O)[C@H](O)[C@H](CC(C)C)NC(=O)OC(C)(C)C)C(C)C(C(=O)C(=O)C2C)C3(C)C)CO[C@@H]1CCO. The van der Waals surface area contributed by atoms with E-state index in [9.17, 15) is 44.1 Å². The quantitative estimate of drug-likeness (QED) is 0.135. The van der Waals surface area contributed by atoms with E-state index < -0.39 is 119 Å². The number of ketones is 2. The van der Waals surface area contributed by atoms with E-state index in [2.05, 4.69) is 5.32 Å². The maximum Gasteiger partial charge on any atom is 0.407 e. The molecule has 2 fully saturated rings. The predicted octanol–water partition coefficient (Wildman–Crippen LogP) is 3.59. The topological polar surface area (TPSA) is 221 Å². The van der Waals surface area contributed by atoms with Crippen molar-refractivity contribution in [3.8, 4) is 0 Å². The maximum atomic E-state index is 14.5. The smallest absolute Gasteiger partial charge is 0.407 e. The molecule has 1 heterocycles. The standard InChI is InChI=1S/C41H57NO14/c1-21(2)18-26(42-37(50)56-38(6,7)8)32(46)36(49)53-27-19-41(51)34(54-35(48)25-14-12-11-13-15-25)30(40(55-24(5)44)20-52-28(40)16-17-43)23(4)31(45)33(47)29(22(27)3)39(41,9)10/h11-15,21-23,26-29,32,43,46,51H,16-20H2,1-10H3,(H,42,50)/t22?,23?,26-,27-,28+,29?,32+,40-,41+/m0/s1. The van der Waals surface area contributed by atoms with E-state index in [1.54, 1.807) is 45.9 Å². The molecule has 3 aliphatic rings. The fourth-order valence-electron chi connectivity index (χ4n) is 8.37. The highest BCUT2D eigenvalue weighted by molar-refractivity contribution is 6.39. The van der Waals surface area contributed by atoms with E-state index >= 15 is 0 Å². The lowest BCUT2D eigenvalue weighted by molar-refractivity contribution is -0.245. The zero-order valence-corrected chi connectivity index (χ0v) is 33.9. The monoisotopic (exact) mass is 787 g/mol. The number of carbonyl (C=O) groups excluding carboxylic acids is 6. The summed E-state index contributed by atoms with van der Waals surface area (Å²) in [4.78, 5) is 82.1. The third-order valence-corrected chi connectivity index (χ3v) is 11.1. The van der Waals surface area contributed by atoms with Crippen LogP contribution in [-0.2, 0) is 42.9 Å². The zero-order valence-electron chi connectivity index (χ0n) is 33.9. The number of ether oxygens (including phenoxy) is 5. The van der Waals surface area contributed by atoms with E-state index in [4.69, 9.17) is 23.7 Å². The second-order valence-electron chi connectivity index (χ2n) is 17.2. The van der Waals surface area contributed by atoms with Crippen LogP contribution >= 0.6 is 0 Å². The van der Waals surface area contributed by atoms with Crippen LogP contribution in [0.15, 0.2) is 41.7 Å². The van der Waals surface area contributed by atoms with E-state index in [0.29, 0.717) is 0 Å². The van der Waals surface area contributed by atoms with Crippen molar-refractivity contribution in [1.82, 2.24) is 5.32 Å². The van der Waals surface area contributed by atoms with Crippen LogP contribution in [0, 0.1) is 29.1 Å². The first kappa shape index (κ1) is 44.5. The first-order valence-electron chi connectivity index (χ1n) is 19.0. The Hall–Kier alpha value is -4.18. The number of Topliss-reactive ketones (excluding diaryl/α,β-unsaturated/α-hetero) is 2. The second kappa shape index (κ2) is 16.7. The average Bonchev–Trinajstić information content (AvgIpc) is 3.09. The van der Waals surface area contributed by atoms with Gasteiger partial charge in [0.1, 0.15) is 29.2 Å². The van der Waals surface area contributed by atoms with Crippen LogP contribution in [0.25, 0.3) is 0 Å². The van der Waals surface area contributed by atoms with Crippen molar-refractivity contribution in [1.29, 1.82) is 0 Å². The van der Waals surface area contributed by atoms with Crippen molar-refractivity contribution >= 4 is 35.6 Å². The van der Waals surface area contributed by atoms with Gasteiger partial charge in [0.05, 0.1) is 24.1 Å². The summed E-state index contributed by atoms with van der Waals surface area (Å²) in [5.74, 6) is -9.11. The van der Waals surface area contributed by atoms with Gasteiger partial charge in [0.25, 0.3) is 0 Å². The number of nitrogens with one attached hydrogen (secondary N) is 1. The number of aliphatic hydroxyl groups excluding tert-OH is 2. The van der Waals surface area contributed by atoms with Gasteiger partial charge < -0.3 is 44.3 Å². The fourth-order valence-corrected chi connectivity index (χ4v) is 8.37. The Morgan fingerprint density at radius 1 is 1.04 bits per heavy atom. The molecule has 1 saturated carbocycles. The number of carbonyl (C=O) groups is 6. The summed E-state index contributed by atoms with van der Waals surface area (Å²) in [5.41, 5.74) is -6.91. The van der Waals surface area contributed by atoms with E-state index in [0.717, 1.165) is 6.92 Å². The summed E-state index contributed by atoms with van der Waals surface area (Å²) in [7, 11) is 0. The largest absolute Gasteiger partial charge is 0.460 e. The zero-order chi connectivity index (χ0) is 42.1.